The minimum absolute atomic E-state index is 0.579. The Kier molecular flexibility index (Phi) is 16.8. The molecule has 0 aromatic rings. The molecule has 1 saturated heterocycles. The molecule has 0 atom stereocenters. The Hall–Kier alpha value is -0.140. The monoisotopic (exact) mass is 309 g/mol. The molecule has 1 aliphatic heterocycles. The van der Waals surface area contributed by atoms with E-state index in [2.05, 4.69) is 10.6 Å². The lowest BCUT2D eigenvalue weighted by Gasteiger charge is -2.03. The van der Waals surface area contributed by atoms with Gasteiger partial charge in [-0.15, -0.1) is 9.05 Å². The van der Waals surface area contributed by atoms with E-state index in [1.807, 2.05) is 0 Å². The van der Waals surface area contributed by atoms with Crippen LogP contribution in [0, 0.1) is 0 Å². The maximum atomic E-state index is 10.7. The van der Waals surface area contributed by atoms with Crippen LogP contribution in [0.2, 0.25) is 0 Å². The Balaban J connectivity index is 0.000000361. The van der Waals surface area contributed by atoms with Gasteiger partial charge in [0.1, 0.15) is 13.2 Å². The summed E-state index contributed by atoms with van der Waals surface area (Å²) in [6.45, 7) is 6.29. The summed E-state index contributed by atoms with van der Waals surface area (Å²) in [6, 6.07) is 0. The molecule has 1 aliphatic rings. The van der Waals surface area contributed by atoms with Crippen LogP contribution >= 0.6 is 8.25 Å². The van der Waals surface area contributed by atoms with Gasteiger partial charge in [-0.05, 0) is 12.8 Å². The van der Waals surface area contributed by atoms with Crippen molar-refractivity contribution >= 4 is 8.25 Å². The van der Waals surface area contributed by atoms with E-state index in [0.717, 1.165) is 51.9 Å². The first kappa shape index (κ1) is 19.9. The predicted molar refractivity (Wildman–Crippen MR) is 81.8 cm³/mol. The smallest absolute Gasteiger partial charge is 0.329 e. The molecule has 120 valence electrons. The van der Waals surface area contributed by atoms with Gasteiger partial charge in [0.05, 0.1) is 0 Å². The second-order valence-electron chi connectivity index (χ2n) is 4.38. The molecule has 0 aromatic heterocycles. The summed E-state index contributed by atoms with van der Waals surface area (Å²) in [5.41, 5.74) is 10.5. The van der Waals surface area contributed by atoms with Crippen LogP contribution in [-0.4, -0.2) is 52.5 Å². The molecule has 0 radical (unpaired) electrons. The SMILES string of the molecule is NCCNCCNCCN.O=[P+]1OCCCCCCO1. The second kappa shape index (κ2) is 16.9. The van der Waals surface area contributed by atoms with Crippen LogP contribution in [0.15, 0.2) is 0 Å². The molecule has 0 aliphatic carbocycles. The van der Waals surface area contributed by atoms with Gasteiger partial charge in [0.15, 0.2) is 0 Å². The first-order valence-electron chi connectivity index (χ1n) is 7.36. The van der Waals surface area contributed by atoms with E-state index in [9.17, 15) is 4.57 Å². The molecule has 20 heavy (non-hydrogen) atoms. The van der Waals surface area contributed by atoms with E-state index < -0.39 is 8.25 Å². The van der Waals surface area contributed by atoms with Crippen LogP contribution in [0.1, 0.15) is 25.7 Å². The predicted octanol–water partition coefficient (Wildman–Crippen LogP) is 0.334. The summed E-state index contributed by atoms with van der Waals surface area (Å²) in [4.78, 5) is 0. The number of rotatable bonds is 7. The molecule has 0 unspecified atom stereocenters. The van der Waals surface area contributed by atoms with Crippen LogP contribution in [0.25, 0.3) is 0 Å². The highest BCUT2D eigenvalue weighted by molar-refractivity contribution is 7.33. The molecular weight excluding hydrogens is 279 g/mol. The molecule has 0 bridgehead atoms. The van der Waals surface area contributed by atoms with Crippen LogP contribution in [0.4, 0.5) is 0 Å². The number of nitrogens with one attached hydrogen (secondary N) is 2. The van der Waals surface area contributed by atoms with Crippen molar-refractivity contribution in [3.63, 3.8) is 0 Å². The number of hydrogen-bond acceptors (Lipinski definition) is 7. The molecule has 1 rings (SSSR count). The maximum Gasteiger partial charge on any atom is 0.697 e. The fraction of sp³-hybridized carbons (Fsp3) is 1.00. The lowest BCUT2D eigenvalue weighted by molar-refractivity contribution is 0.232. The first-order chi connectivity index (χ1) is 9.81. The van der Waals surface area contributed by atoms with Crippen LogP contribution in [0.5, 0.6) is 0 Å². The molecule has 6 N–H and O–H groups in total. The fourth-order valence-corrected chi connectivity index (χ4v) is 2.13. The summed E-state index contributed by atoms with van der Waals surface area (Å²) in [6.07, 6.45) is 4.33. The van der Waals surface area contributed by atoms with Crippen molar-refractivity contribution in [1.29, 1.82) is 0 Å². The van der Waals surface area contributed by atoms with Gasteiger partial charge < -0.3 is 22.1 Å². The minimum Gasteiger partial charge on any atom is -0.329 e. The summed E-state index contributed by atoms with van der Waals surface area (Å²) >= 11 is 0. The van der Waals surface area contributed by atoms with Crippen LogP contribution in [-0.2, 0) is 13.6 Å². The lowest BCUT2D eigenvalue weighted by Crippen LogP contribution is -2.32. The van der Waals surface area contributed by atoms with E-state index >= 15 is 0 Å². The highest BCUT2D eigenvalue weighted by Gasteiger charge is 2.20. The normalized spacial score (nSPS) is 16.6. The molecule has 0 amide bonds. The van der Waals surface area contributed by atoms with Crippen molar-refractivity contribution in [3.05, 3.63) is 0 Å². The van der Waals surface area contributed by atoms with Gasteiger partial charge in [0.25, 0.3) is 0 Å². The topological polar surface area (TPSA) is 112 Å². The Bertz CT molecular complexity index is 203. The average Bonchev–Trinajstić information content (AvgIpc) is 2.57. The van der Waals surface area contributed by atoms with Gasteiger partial charge >= 0.3 is 8.25 Å². The van der Waals surface area contributed by atoms with Crippen molar-refractivity contribution in [2.45, 2.75) is 25.7 Å². The first-order valence-corrected chi connectivity index (χ1v) is 8.45. The number of nitrogens with two attached hydrogens (primary N) is 2. The molecule has 1 fully saturated rings. The average molecular weight is 309 g/mol. The molecule has 0 saturated carbocycles. The molecule has 0 spiro atoms. The summed E-state index contributed by atoms with van der Waals surface area (Å²) < 4.78 is 20.4. The standard InChI is InChI=1S/C6H18N4.C6H12O3P/c7-1-3-9-5-6-10-4-2-8;7-10-8-5-3-1-2-4-6-9-10/h9-10H,1-8H2;1-6H2/q;+1. The zero-order chi connectivity index (χ0) is 14.9. The third-order valence-corrected chi connectivity index (χ3v) is 3.34. The quantitative estimate of drug-likeness (QED) is 0.396. The largest absolute Gasteiger partial charge is 0.697 e. The third kappa shape index (κ3) is 15.9. The highest BCUT2D eigenvalue weighted by atomic mass is 31.1. The van der Waals surface area contributed by atoms with E-state index in [1.165, 1.54) is 0 Å². The zero-order valence-electron chi connectivity index (χ0n) is 12.3. The second-order valence-corrected chi connectivity index (χ2v) is 5.35. The Morgan fingerprint density at radius 3 is 1.65 bits per heavy atom. The van der Waals surface area contributed by atoms with Gasteiger partial charge in [0, 0.05) is 43.8 Å². The van der Waals surface area contributed by atoms with Crippen molar-refractivity contribution < 1.29 is 13.6 Å². The van der Waals surface area contributed by atoms with E-state index in [4.69, 9.17) is 20.5 Å². The molecular formula is C12H30N4O3P+. The van der Waals surface area contributed by atoms with E-state index in [-0.39, 0.29) is 0 Å². The third-order valence-electron chi connectivity index (χ3n) is 2.55. The zero-order valence-corrected chi connectivity index (χ0v) is 13.2. The Labute approximate surface area is 123 Å². The Morgan fingerprint density at radius 2 is 1.25 bits per heavy atom. The highest BCUT2D eigenvalue weighted by Crippen LogP contribution is 2.25. The summed E-state index contributed by atoms with van der Waals surface area (Å²) in [5, 5.41) is 6.33. The van der Waals surface area contributed by atoms with Gasteiger partial charge in [-0.1, -0.05) is 12.8 Å². The van der Waals surface area contributed by atoms with Crippen molar-refractivity contribution in [3.8, 4) is 0 Å². The van der Waals surface area contributed by atoms with Gasteiger partial charge in [-0.25, -0.2) is 0 Å². The molecule has 8 heteroatoms. The van der Waals surface area contributed by atoms with Crippen molar-refractivity contribution in [2.75, 3.05) is 52.5 Å². The molecule has 1 heterocycles. The summed E-state index contributed by atoms with van der Waals surface area (Å²) in [7, 11) is -1.80. The Morgan fingerprint density at radius 1 is 0.800 bits per heavy atom. The van der Waals surface area contributed by atoms with E-state index in [0.29, 0.717) is 26.3 Å². The van der Waals surface area contributed by atoms with Crippen molar-refractivity contribution in [2.24, 2.45) is 11.5 Å². The van der Waals surface area contributed by atoms with Gasteiger partial charge in [-0.3, -0.25) is 0 Å². The fourth-order valence-electron chi connectivity index (χ4n) is 1.50. The summed E-state index contributed by atoms with van der Waals surface area (Å²) in [5.74, 6) is 0. The van der Waals surface area contributed by atoms with E-state index in [1.54, 1.807) is 0 Å². The van der Waals surface area contributed by atoms with Crippen LogP contribution < -0.4 is 22.1 Å². The maximum absolute atomic E-state index is 10.7. The lowest BCUT2D eigenvalue weighted by atomic mass is 10.2. The molecule has 0 aromatic carbocycles. The number of hydrogen-bond donors (Lipinski definition) is 4. The van der Waals surface area contributed by atoms with Gasteiger partial charge in [0.2, 0.25) is 0 Å². The minimum atomic E-state index is -1.80. The van der Waals surface area contributed by atoms with Gasteiger partial charge in [-0.2, -0.15) is 0 Å². The van der Waals surface area contributed by atoms with Crippen LogP contribution in [0.3, 0.4) is 0 Å². The molecule has 7 nitrogen and oxygen atoms in total. The van der Waals surface area contributed by atoms with Crippen molar-refractivity contribution in [1.82, 2.24) is 10.6 Å².